The molecule has 0 aliphatic carbocycles. The molecular formula is C19H22N2O3S. The lowest BCUT2D eigenvalue weighted by molar-refractivity contribution is -0.142. The molecule has 132 valence electrons. The molecule has 1 fully saturated rings. The molecule has 1 aromatic carbocycles. The third-order valence-electron chi connectivity index (χ3n) is 3.99. The van der Waals surface area contributed by atoms with Crippen LogP contribution in [0.15, 0.2) is 52.7 Å². The smallest absolute Gasteiger partial charge is 0.336 e. The van der Waals surface area contributed by atoms with Gasteiger partial charge in [0.2, 0.25) is 5.91 Å². The number of fused-ring (bicyclic) bond motifs is 1. The quantitative estimate of drug-likeness (QED) is 0.648. The van der Waals surface area contributed by atoms with Gasteiger partial charge in [0.1, 0.15) is 0 Å². The lowest BCUT2D eigenvalue weighted by Crippen LogP contribution is -2.23. The third-order valence-corrected chi connectivity index (χ3v) is 5.17. The Balaban J connectivity index is 1.63. The SMILES string of the molecule is CC(C)OC(=O)C1=C2SCC(=CC(=O)NCc3ccccc3)N2CC1. The van der Waals surface area contributed by atoms with Crippen molar-refractivity contribution in [2.75, 3.05) is 12.3 Å². The van der Waals surface area contributed by atoms with Crippen molar-refractivity contribution in [1.82, 2.24) is 10.2 Å². The normalized spacial score (nSPS) is 18.0. The fourth-order valence-corrected chi connectivity index (χ4v) is 4.08. The largest absolute Gasteiger partial charge is 0.460 e. The summed E-state index contributed by atoms with van der Waals surface area (Å²) in [7, 11) is 0. The summed E-state index contributed by atoms with van der Waals surface area (Å²) >= 11 is 1.60. The summed E-state index contributed by atoms with van der Waals surface area (Å²) in [6.45, 7) is 4.92. The molecule has 0 saturated carbocycles. The van der Waals surface area contributed by atoms with E-state index in [-0.39, 0.29) is 18.0 Å². The van der Waals surface area contributed by atoms with Crippen molar-refractivity contribution in [2.24, 2.45) is 0 Å². The van der Waals surface area contributed by atoms with E-state index >= 15 is 0 Å². The topological polar surface area (TPSA) is 58.6 Å². The molecule has 1 saturated heterocycles. The van der Waals surface area contributed by atoms with E-state index in [1.807, 2.05) is 44.2 Å². The van der Waals surface area contributed by atoms with Gasteiger partial charge in [-0.05, 0) is 19.4 Å². The molecule has 2 aliphatic rings. The van der Waals surface area contributed by atoms with Gasteiger partial charge in [-0.3, -0.25) is 4.79 Å². The van der Waals surface area contributed by atoms with Gasteiger partial charge in [-0.2, -0.15) is 0 Å². The number of thioether (sulfide) groups is 1. The highest BCUT2D eigenvalue weighted by atomic mass is 32.2. The van der Waals surface area contributed by atoms with Crippen LogP contribution >= 0.6 is 11.8 Å². The van der Waals surface area contributed by atoms with Crippen molar-refractivity contribution in [2.45, 2.75) is 32.9 Å². The number of hydrogen-bond acceptors (Lipinski definition) is 5. The monoisotopic (exact) mass is 358 g/mol. The Morgan fingerprint density at radius 1 is 1.32 bits per heavy atom. The van der Waals surface area contributed by atoms with Gasteiger partial charge in [-0.1, -0.05) is 30.3 Å². The van der Waals surface area contributed by atoms with E-state index in [1.165, 1.54) is 0 Å². The molecule has 0 unspecified atom stereocenters. The minimum absolute atomic E-state index is 0.112. The molecule has 25 heavy (non-hydrogen) atoms. The number of carbonyl (C=O) groups is 2. The van der Waals surface area contributed by atoms with Crippen molar-refractivity contribution in [3.63, 3.8) is 0 Å². The van der Waals surface area contributed by atoms with Crippen LogP contribution in [0, 0.1) is 0 Å². The van der Waals surface area contributed by atoms with Gasteiger partial charge in [0.15, 0.2) is 0 Å². The molecule has 0 radical (unpaired) electrons. The predicted molar refractivity (Wildman–Crippen MR) is 98.4 cm³/mol. The highest BCUT2D eigenvalue weighted by Gasteiger charge is 2.35. The van der Waals surface area contributed by atoms with Crippen LogP contribution in [-0.2, 0) is 20.9 Å². The molecule has 0 aromatic heterocycles. The first-order chi connectivity index (χ1) is 12.0. The second kappa shape index (κ2) is 7.78. The highest BCUT2D eigenvalue weighted by Crippen LogP contribution is 2.42. The van der Waals surface area contributed by atoms with E-state index in [9.17, 15) is 9.59 Å². The summed E-state index contributed by atoms with van der Waals surface area (Å²) in [5, 5.41) is 3.84. The zero-order valence-electron chi connectivity index (χ0n) is 14.5. The Labute approximate surface area is 152 Å². The number of amides is 1. The molecule has 0 atom stereocenters. The zero-order chi connectivity index (χ0) is 17.8. The minimum Gasteiger partial charge on any atom is -0.460 e. The maximum atomic E-state index is 12.2. The van der Waals surface area contributed by atoms with Crippen LogP contribution in [0.3, 0.4) is 0 Å². The number of nitrogens with one attached hydrogen (secondary N) is 1. The number of nitrogens with zero attached hydrogens (tertiary/aromatic N) is 1. The van der Waals surface area contributed by atoms with Crippen molar-refractivity contribution < 1.29 is 14.3 Å². The van der Waals surface area contributed by atoms with Gasteiger partial charge < -0.3 is 15.0 Å². The number of ether oxygens (including phenoxy) is 1. The molecule has 1 N–H and O–H groups in total. The molecule has 5 nitrogen and oxygen atoms in total. The number of hydrogen-bond donors (Lipinski definition) is 1. The van der Waals surface area contributed by atoms with Crippen LogP contribution in [0.5, 0.6) is 0 Å². The Kier molecular flexibility index (Phi) is 5.48. The number of rotatable bonds is 5. The summed E-state index contributed by atoms with van der Waals surface area (Å²) < 4.78 is 5.31. The summed E-state index contributed by atoms with van der Waals surface area (Å²) in [6.07, 6.45) is 2.18. The van der Waals surface area contributed by atoms with Crippen LogP contribution in [0.4, 0.5) is 0 Å². The number of esters is 1. The van der Waals surface area contributed by atoms with Gasteiger partial charge in [-0.25, -0.2) is 4.79 Å². The molecule has 6 heteroatoms. The van der Waals surface area contributed by atoms with E-state index in [0.29, 0.717) is 18.7 Å². The number of benzene rings is 1. The first-order valence-electron chi connectivity index (χ1n) is 8.41. The second-order valence-corrected chi connectivity index (χ2v) is 7.23. The minimum atomic E-state index is -0.241. The summed E-state index contributed by atoms with van der Waals surface area (Å²) in [5.41, 5.74) is 2.74. The van der Waals surface area contributed by atoms with E-state index in [1.54, 1.807) is 17.8 Å². The Bertz CT molecular complexity index is 725. The Morgan fingerprint density at radius 3 is 2.80 bits per heavy atom. The fourth-order valence-electron chi connectivity index (χ4n) is 2.84. The van der Waals surface area contributed by atoms with Gasteiger partial charge in [-0.15, -0.1) is 11.8 Å². The molecule has 0 bridgehead atoms. The zero-order valence-corrected chi connectivity index (χ0v) is 15.3. The van der Waals surface area contributed by atoms with Gasteiger partial charge in [0, 0.05) is 37.0 Å². The van der Waals surface area contributed by atoms with Crippen LogP contribution in [0.25, 0.3) is 0 Å². The first-order valence-corrected chi connectivity index (χ1v) is 9.40. The van der Waals surface area contributed by atoms with Crippen molar-refractivity contribution in [3.8, 4) is 0 Å². The Morgan fingerprint density at radius 2 is 2.08 bits per heavy atom. The van der Waals surface area contributed by atoms with E-state index in [0.717, 1.165) is 28.4 Å². The third kappa shape index (κ3) is 4.25. The first kappa shape index (κ1) is 17.6. The summed E-state index contributed by atoms with van der Waals surface area (Å²) in [6, 6.07) is 9.81. The lowest BCUT2D eigenvalue weighted by atomic mass is 10.2. The van der Waals surface area contributed by atoms with Gasteiger partial charge in [0.25, 0.3) is 0 Å². The molecule has 2 aliphatic heterocycles. The van der Waals surface area contributed by atoms with Crippen LogP contribution in [-0.4, -0.2) is 35.2 Å². The maximum absolute atomic E-state index is 12.2. The molecular weight excluding hydrogens is 336 g/mol. The van der Waals surface area contributed by atoms with Crippen LogP contribution in [0.1, 0.15) is 25.8 Å². The standard InChI is InChI=1S/C19H22N2O3S/c1-13(2)24-19(23)16-8-9-21-15(12-25-18(16)21)10-17(22)20-11-14-6-4-3-5-7-14/h3-7,10,13H,8-9,11-12H2,1-2H3,(H,20,22). The molecule has 2 heterocycles. The predicted octanol–water partition coefficient (Wildman–Crippen LogP) is 2.80. The van der Waals surface area contributed by atoms with Crippen molar-refractivity contribution in [3.05, 3.63) is 58.3 Å². The molecule has 0 spiro atoms. The average Bonchev–Trinajstić information content (AvgIpc) is 3.16. The van der Waals surface area contributed by atoms with Gasteiger partial charge in [0.05, 0.1) is 16.7 Å². The van der Waals surface area contributed by atoms with E-state index in [4.69, 9.17) is 4.74 Å². The van der Waals surface area contributed by atoms with Crippen molar-refractivity contribution >= 4 is 23.6 Å². The average molecular weight is 358 g/mol. The van der Waals surface area contributed by atoms with Crippen LogP contribution in [0.2, 0.25) is 0 Å². The maximum Gasteiger partial charge on any atom is 0.336 e. The van der Waals surface area contributed by atoms with Gasteiger partial charge >= 0.3 is 5.97 Å². The molecule has 1 aromatic rings. The number of carbonyl (C=O) groups excluding carboxylic acids is 2. The van der Waals surface area contributed by atoms with Crippen molar-refractivity contribution in [1.29, 1.82) is 0 Å². The molecule has 3 rings (SSSR count). The summed E-state index contributed by atoms with van der Waals surface area (Å²) in [4.78, 5) is 26.4. The van der Waals surface area contributed by atoms with Crippen LogP contribution < -0.4 is 5.32 Å². The highest BCUT2D eigenvalue weighted by molar-refractivity contribution is 8.03. The Hall–Kier alpha value is -2.21. The lowest BCUT2D eigenvalue weighted by Gasteiger charge is -2.14. The summed E-state index contributed by atoms with van der Waals surface area (Å²) in [5.74, 6) is 0.348. The molecule has 1 amide bonds. The fraction of sp³-hybridized carbons (Fsp3) is 0.368. The van der Waals surface area contributed by atoms with E-state index < -0.39 is 0 Å². The second-order valence-electron chi connectivity index (χ2n) is 6.27. The van der Waals surface area contributed by atoms with E-state index in [2.05, 4.69) is 10.2 Å².